The van der Waals surface area contributed by atoms with E-state index in [0.29, 0.717) is 12.3 Å². The molecule has 1 saturated heterocycles. The lowest BCUT2D eigenvalue weighted by Crippen LogP contribution is -2.32. The van der Waals surface area contributed by atoms with E-state index in [2.05, 4.69) is 0 Å². The SMILES string of the molecule is CCOC(=O)CS[C@H]1CC(=O)N(c2cc(C)ccc2C)C1=O. The van der Waals surface area contributed by atoms with Crippen molar-refractivity contribution in [2.45, 2.75) is 32.4 Å². The molecule has 118 valence electrons. The number of hydrogen-bond donors (Lipinski definition) is 0. The molecule has 0 radical (unpaired) electrons. The van der Waals surface area contributed by atoms with E-state index in [1.165, 1.54) is 16.7 Å². The maximum Gasteiger partial charge on any atom is 0.315 e. The summed E-state index contributed by atoms with van der Waals surface area (Å²) in [7, 11) is 0. The van der Waals surface area contributed by atoms with E-state index in [1.807, 2.05) is 32.0 Å². The zero-order valence-corrected chi connectivity index (χ0v) is 13.7. The molecule has 2 rings (SSSR count). The van der Waals surface area contributed by atoms with Gasteiger partial charge in [-0.2, -0.15) is 0 Å². The van der Waals surface area contributed by atoms with Gasteiger partial charge in [0.05, 0.1) is 23.3 Å². The van der Waals surface area contributed by atoms with Crippen molar-refractivity contribution in [2.75, 3.05) is 17.3 Å². The van der Waals surface area contributed by atoms with E-state index in [4.69, 9.17) is 4.74 Å². The fraction of sp³-hybridized carbons (Fsp3) is 0.438. The number of nitrogens with zero attached hydrogens (tertiary/aromatic N) is 1. The number of anilines is 1. The molecular formula is C16H19NO4S. The molecule has 0 bridgehead atoms. The summed E-state index contributed by atoms with van der Waals surface area (Å²) in [6.07, 6.45) is 0.121. The van der Waals surface area contributed by atoms with Gasteiger partial charge in [0.25, 0.3) is 0 Å². The minimum absolute atomic E-state index is 0.0815. The minimum Gasteiger partial charge on any atom is -0.465 e. The first-order valence-electron chi connectivity index (χ1n) is 7.15. The van der Waals surface area contributed by atoms with Crippen LogP contribution in [0.25, 0.3) is 0 Å². The first-order valence-corrected chi connectivity index (χ1v) is 8.20. The quantitative estimate of drug-likeness (QED) is 0.615. The number of carbonyl (C=O) groups excluding carboxylic acids is 3. The number of amides is 2. The van der Waals surface area contributed by atoms with Gasteiger partial charge in [0.1, 0.15) is 0 Å². The molecule has 6 heteroatoms. The number of benzene rings is 1. The summed E-state index contributed by atoms with van der Waals surface area (Å²) in [6.45, 7) is 5.83. The molecule has 2 amide bonds. The van der Waals surface area contributed by atoms with E-state index in [-0.39, 0.29) is 30.0 Å². The zero-order valence-electron chi connectivity index (χ0n) is 12.9. The summed E-state index contributed by atoms with van der Waals surface area (Å²) in [5.74, 6) is -0.760. The third-order valence-electron chi connectivity index (χ3n) is 3.42. The van der Waals surface area contributed by atoms with Gasteiger partial charge in [0, 0.05) is 6.42 Å². The molecule has 1 heterocycles. The van der Waals surface area contributed by atoms with Crippen LogP contribution in [0.15, 0.2) is 18.2 Å². The Morgan fingerprint density at radius 1 is 1.36 bits per heavy atom. The average Bonchev–Trinajstić information content (AvgIpc) is 2.74. The van der Waals surface area contributed by atoms with Gasteiger partial charge in [-0.25, -0.2) is 4.90 Å². The third-order valence-corrected chi connectivity index (χ3v) is 4.59. The van der Waals surface area contributed by atoms with E-state index >= 15 is 0 Å². The Balaban J connectivity index is 2.12. The first-order chi connectivity index (χ1) is 10.4. The summed E-state index contributed by atoms with van der Waals surface area (Å²) in [4.78, 5) is 37.3. The maximum absolute atomic E-state index is 12.5. The van der Waals surface area contributed by atoms with Gasteiger partial charge in [-0.05, 0) is 38.0 Å². The number of aryl methyl sites for hydroxylation is 2. The predicted octanol–water partition coefficient (Wildman–Crippen LogP) is 2.23. The highest BCUT2D eigenvalue weighted by Crippen LogP contribution is 2.32. The Morgan fingerprint density at radius 3 is 2.77 bits per heavy atom. The van der Waals surface area contributed by atoms with Crippen LogP contribution in [0.4, 0.5) is 5.69 Å². The smallest absolute Gasteiger partial charge is 0.315 e. The van der Waals surface area contributed by atoms with E-state index < -0.39 is 5.25 Å². The molecule has 5 nitrogen and oxygen atoms in total. The first kappa shape index (κ1) is 16.5. The highest BCUT2D eigenvalue weighted by atomic mass is 32.2. The second-order valence-corrected chi connectivity index (χ2v) is 6.36. The third kappa shape index (κ3) is 3.50. The minimum atomic E-state index is -0.517. The van der Waals surface area contributed by atoms with Crippen LogP contribution in [-0.2, 0) is 19.1 Å². The summed E-state index contributed by atoms with van der Waals surface area (Å²) in [5.41, 5.74) is 2.50. The van der Waals surface area contributed by atoms with Crippen molar-refractivity contribution < 1.29 is 19.1 Å². The largest absolute Gasteiger partial charge is 0.465 e. The van der Waals surface area contributed by atoms with Gasteiger partial charge < -0.3 is 4.74 Å². The van der Waals surface area contributed by atoms with Crippen LogP contribution in [0, 0.1) is 13.8 Å². The molecular weight excluding hydrogens is 302 g/mol. The number of esters is 1. The lowest BCUT2D eigenvalue weighted by Gasteiger charge is -2.18. The van der Waals surface area contributed by atoms with Crippen LogP contribution >= 0.6 is 11.8 Å². The average molecular weight is 321 g/mol. The molecule has 0 saturated carbocycles. The Morgan fingerprint density at radius 2 is 2.09 bits per heavy atom. The number of hydrogen-bond acceptors (Lipinski definition) is 5. The summed E-state index contributed by atoms with van der Waals surface area (Å²) < 4.78 is 4.84. The van der Waals surface area contributed by atoms with Crippen molar-refractivity contribution in [3.63, 3.8) is 0 Å². The van der Waals surface area contributed by atoms with Crippen molar-refractivity contribution in [2.24, 2.45) is 0 Å². The Labute approximate surface area is 134 Å². The van der Waals surface area contributed by atoms with Crippen molar-refractivity contribution in [3.8, 4) is 0 Å². The molecule has 1 atom stereocenters. The van der Waals surface area contributed by atoms with Gasteiger partial charge in [0.2, 0.25) is 11.8 Å². The van der Waals surface area contributed by atoms with E-state index in [9.17, 15) is 14.4 Å². The monoisotopic (exact) mass is 321 g/mol. The van der Waals surface area contributed by atoms with E-state index in [1.54, 1.807) is 6.92 Å². The summed E-state index contributed by atoms with van der Waals surface area (Å²) >= 11 is 1.17. The van der Waals surface area contributed by atoms with Gasteiger partial charge in [-0.3, -0.25) is 14.4 Å². The lowest BCUT2D eigenvalue weighted by molar-refractivity contribution is -0.139. The lowest BCUT2D eigenvalue weighted by atomic mass is 10.1. The van der Waals surface area contributed by atoms with Crippen molar-refractivity contribution in [3.05, 3.63) is 29.3 Å². The van der Waals surface area contributed by atoms with Gasteiger partial charge in [0.15, 0.2) is 0 Å². The van der Waals surface area contributed by atoms with Crippen LogP contribution in [-0.4, -0.2) is 35.4 Å². The molecule has 1 aromatic carbocycles. The Hall–Kier alpha value is -1.82. The Bertz CT molecular complexity index is 614. The normalized spacial score (nSPS) is 18.0. The molecule has 0 N–H and O–H groups in total. The molecule has 0 aromatic heterocycles. The summed E-state index contributed by atoms with van der Waals surface area (Å²) in [5, 5.41) is -0.517. The standard InChI is InChI=1S/C16H19NO4S/c1-4-21-15(19)9-22-13-8-14(18)17(16(13)20)12-7-10(2)5-6-11(12)3/h5-7,13H,4,8-9H2,1-3H3/t13-/m0/s1. The molecule has 0 unspecified atom stereocenters. The second-order valence-electron chi connectivity index (χ2n) is 5.17. The van der Waals surface area contributed by atoms with Crippen LogP contribution < -0.4 is 4.90 Å². The number of thioether (sulfide) groups is 1. The number of rotatable bonds is 5. The fourth-order valence-electron chi connectivity index (χ4n) is 2.32. The van der Waals surface area contributed by atoms with E-state index in [0.717, 1.165) is 11.1 Å². The number of imide groups is 1. The van der Waals surface area contributed by atoms with Gasteiger partial charge in [-0.15, -0.1) is 11.8 Å². The van der Waals surface area contributed by atoms with Crippen LogP contribution in [0.5, 0.6) is 0 Å². The Kier molecular flexibility index (Phi) is 5.24. The highest BCUT2D eigenvalue weighted by Gasteiger charge is 2.40. The number of carbonyl (C=O) groups is 3. The highest BCUT2D eigenvalue weighted by molar-refractivity contribution is 8.01. The second kappa shape index (κ2) is 6.96. The topological polar surface area (TPSA) is 63.7 Å². The molecule has 0 aliphatic carbocycles. The molecule has 1 aromatic rings. The zero-order chi connectivity index (χ0) is 16.3. The molecule has 22 heavy (non-hydrogen) atoms. The fourth-order valence-corrected chi connectivity index (χ4v) is 3.25. The van der Waals surface area contributed by atoms with Gasteiger partial charge in [-0.1, -0.05) is 12.1 Å². The van der Waals surface area contributed by atoms with Crippen LogP contribution in [0.1, 0.15) is 24.5 Å². The van der Waals surface area contributed by atoms with Crippen molar-refractivity contribution >= 4 is 35.2 Å². The molecule has 1 aliphatic heterocycles. The number of ether oxygens (including phenoxy) is 1. The summed E-state index contributed by atoms with van der Waals surface area (Å²) in [6, 6.07) is 5.67. The maximum atomic E-state index is 12.5. The van der Waals surface area contributed by atoms with Crippen LogP contribution in [0.3, 0.4) is 0 Å². The van der Waals surface area contributed by atoms with Crippen molar-refractivity contribution in [1.29, 1.82) is 0 Å². The molecule has 1 fully saturated rings. The predicted molar refractivity (Wildman–Crippen MR) is 85.9 cm³/mol. The van der Waals surface area contributed by atoms with Crippen molar-refractivity contribution in [1.82, 2.24) is 0 Å². The molecule has 1 aliphatic rings. The van der Waals surface area contributed by atoms with Gasteiger partial charge >= 0.3 is 5.97 Å². The van der Waals surface area contributed by atoms with Crippen LogP contribution in [0.2, 0.25) is 0 Å². The molecule has 0 spiro atoms.